The van der Waals surface area contributed by atoms with E-state index in [9.17, 15) is 0 Å². The van der Waals surface area contributed by atoms with Crippen LogP contribution in [0.1, 0.15) is 36.4 Å². The normalized spacial score (nSPS) is 27.2. The molecule has 0 amide bonds. The van der Waals surface area contributed by atoms with Crippen molar-refractivity contribution in [2.45, 2.75) is 25.2 Å². The minimum Gasteiger partial charge on any atom is -0.330 e. The van der Waals surface area contributed by atoms with Crippen molar-refractivity contribution in [2.75, 3.05) is 6.54 Å². The summed E-state index contributed by atoms with van der Waals surface area (Å²) >= 11 is 0. The highest BCUT2D eigenvalue weighted by molar-refractivity contribution is 5.32. The maximum Gasteiger partial charge on any atom is 0.0481 e. The zero-order chi connectivity index (χ0) is 8.55. The van der Waals surface area contributed by atoms with Crippen molar-refractivity contribution in [3.8, 4) is 0 Å². The van der Waals surface area contributed by atoms with E-state index in [-0.39, 0.29) is 0 Å². The van der Waals surface area contributed by atoms with Gasteiger partial charge >= 0.3 is 0 Å². The second-order valence-electron chi connectivity index (χ2n) is 3.55. The number of nitrogens with zero attached hydrogens (tertiary/aromatic N) is 1. The zero-order valence-electron chi connectivity index (χ0n) is 7.33. The fraction of sp³-hybridized carbons (Fsp3) is 0.500. The first-order valence-electron chi connectivity index (χ1n) is 4.47. The lowest BCUT2D eigenvalue weighted by atomic mass is 10.0. The Kier molecular flexibility index (Phi) is 1.85. The predicted octanol–water partition coefficient (Wildman–Crippen LogP) is 1.63. The van der Waals surface area contributed by atoms with Crippen molar-refractivity contribution in [3.05, 3.63) is 29.6 Å². The van der Waals surface area contributed by atoms with Crippen LogP contribution in [0.15, 0.2) is 18.3 Å². The Morgan fingerprint density at radius 3 is 3.25 bits per heavy atom. The van der Waals surface area contributed by atoms with Crippen LogP contribution in [-0.2, 0) is 0 Å². The van der Waals surface area contributed by atoms with Crippen LogP contribution in [0, 0.1) is 0 Å². The predicted molar refractivity (Wildman–Crippen MR) is 49.1 cm³/mol. The van der Waals surface area contributed by atoms with Crippen LogP contribution in [0.25, 0.3) is 0 Å². The largest absolute Gasteiger partial charge is 0.330 e. The van der Waals surface area contributed by atoms with Gasteiger partial charge in [-0.05, 0) is 24.0 Å². The van der Waals surface area contributed by atoms with Gasteiger partial charge < -0.3 is 5.73 Å². The fourth-order valence-corrected chi connectivity index (χ4v) is 2.06. The molecule has 1 aliphatic rings. The highest BCUT2D eigenvalue weighted by Crippen LogP contribution is 2.38. The van der Waals surface area contributed by atoms with Gasteiger partial charge in [0.25, 0.3) is 0 Å². The van der Waals surface area contributed by atoms with E-state index in [1.807, 2.05) is 12.3 Å². The van der Waals surface area contributed by atoms with Crippen molar-refractivity contribution < 1.29 is 0 Å². The van der Waals surface area contributed by atoms with Crippen molar-refractivity contribution in [2.24, 2.45) is 5.73 Å². The molecule has 1 aromatic heterocycles. The van der Waals surface area contributed by atoms with Crippen LogP contribution in [0.5, 0.6) is 0 Å². The number of nitrogens with two attached hydrogens (primary N) is 1. The molecule has 0 spiro atoms. The third-order valence-electron chi connectivity index (χ3n) is 2.71. The second-order valence-corrected chi connectivity index (χ2v) is 3.55. The summed E-state index contributed by atoms with van der Waals surface area (Å²) in [6, 6.07) is 4.18. The number of pyridine rings is 1. The van der Waals surface area contributed by atoms with Crippen LogP contribution < -0.4 is 5.73 Å². The van der Waals surface area contributed by atoms with Gasteiger partial charge in [-0.25, -0.2) is 0 Å². The van der Waals surface area contributed by atoms with E-state index in [4.69, 9.17) is 5.73 Å². The minimum absolute atomic E-state index is 0.496. The molecule has 12 heavy (non-hydrogen) atoms. The summed E-state index contributed by atoms with van der Waals surface area (Å²) in [6.45, 7) is 2.98. The van der Waals surface area contributed by atoms with Gasteiger partial charge in [-0.3, -0.25) is 4.98 Å². The van der Waals surface area contributed by atoms with Gasteiger partial charge in [0, 0.05) is 24.4 Å². The smallest absolute Gasteiger partial charge is 0.0481 e. The molecule has 2 heteroatoms. The number of rotatable bonds is 1. The third kappa shape index (κ3) is 1.03. The Balaban J connectivity index is 2.43. The molecule has 2 N–H and O–H groups in total. The molecule has 2 atom stereocenters. The maximum atomic E-state index is 5.67. The van der Waals surface area contributed by atoms with Gasteiger partial charge in [0.2, 0.25) is 0 Å². The molecule has 0 saturated heterocycles. The number of fused-ring (bicyclic) bond motifs is 1. The van der Waals surface area contributed by atoms with E-state index in [0.717, 1.165) is 6.54 Å². The van der Waals surface area contributed by atoms with E-state index < -0.39 is 0 Å². The Labute approximate surface area is 72.8 Å². The number of hydrogen-bond donors (Lipinski definition) is 1. The summed E-state index contributed by atoms with van der Waals surface area (Å²) in [5, 5.41) is 0. The van der Waals surface area contributed by atoms with Crippen LogP contribution >= 0.6 is 0 Å². The molecule has 64 valence electrons. The van der Waals surface area contributed by atoms with Crippen molar-refractivity contribution in [1.82, 2.24) is 4.98 Å². The van der Waals surface area contributed by atoms with Crippen molar-refractivity contribution in [1.29, 1.82) is 0 Å². The molecule has 1 heterocycles. The second kappa shape index (κ2) is 2.87. The number of aromatic nitrogens is 1. The first kappa shape index (κ1) is 7.74. The van der Waals surface area contributed by atoms with Crippen LogP contribution in [0.3, 0.4) is 0 Å². The summed E-state index contributed by atoms with van der Waals surface area (Å²) in [5.41, 5.74) is 8.30. The molecule has 0 bridgehead atoms. The summed E-state index contributed by atoms with van der Waals surface area (Å²) in [5.74, 6) is 1.14. The van der Waals surface area contributed by atoms with Gasteiger partial charge in [-0.1, -0.05) is 13.0 Å². The molecule has 0 aliphatic heterocycles. The summed E-state index contributed by atoms with van der Waals surface area (Å²) in [7, 11) is 0. The topological polar surface area (TPSA) is 38.9 Å². The molecule has 2 rings (SSSR count). The Morgan fingerprint density at radius 1 is 1.67 bits per heavy atom. The Bertz CT molecular complexity index is 283. The lowest BCUT2D eigenvalue weighted by Crippen LogP contribution is -2.10. The molecular weight excluding hydrogens is 148 g/mol. The van der Waals surface area contributed by atoms with Crippen molar-refractivity contribution in [3.63, 3.8) is 0 Å². The van der Waals surface area contributed by atoms with E-state index in [1.165, 1.54) is 17.7 Å². The number of hydrogen-bond acceptors (Lipinski definition) is 2. The molecule has 0 aromatic carbocycles. The molecule has 1 aromatic rings. The highest BCUT2D eigenvalue weighted by atomic mass is 14.7. The SMILES string of the molecule is C[C@@H]1C[C@@H](CN)c2ncccc21. The average Bonchev–Trinajstić information content (AvgIpc) is 2.44. The van der Waals surface area contributed by atoms with Gasteiger partial charge in [0.1, 0.15) is 0 Å². The quantitative estimate of drug-likeness (QED) is 0.681. The van der Waals surface area contributed by atoms with Gasteiger partial charge in [-0.15, -0.1) is 0 Å². The molecule has 0 unspecified atom stereocenters. The standard InChI is InChI=1S/C10H14N2/c1-7-5-8(6-11)10-9(7)3-2-4-12-10/h2-4,7-8H,5-6,11H2,1H3/t7-,8+/m1/s1. The molecule has 1 aliphatic carbocycles. The minimum atomic E-state index is 0.496. The fourth-order valence-electron chi connectivity index (χ4n) is 2.06. The average molecular weight is 162 g/mol. The summed E-state index contributed by atoms with van der Waals surface area (Å²) in [6.07, 6.45) is 3.03. The first-order chi connectivity index (χ1) is 5.83. The Hall–Kier alpha value is -0.890. The summed E-state index contributed by atoms with van der Waals surface area (Å²) in [4.78, 5) is 4.38. The molecule has 2 nitrogen and oxygen atoms in total. The van der Waals surface area contributed by atoms with Gasteiger partial charge in [0.05, 0.1) is 0 Å². The lowest BCUT2D eigenvalue weighted by Gasteiger charge is -2.04. The first-order valence-corrected chi connectivity index (χ1v) is 4.47. The highest BCUT2D eigenvalue weighted by Gasteiger charge is 2.27. The lowest BCUT2D eigenvalue weighted by molar-refractivity contribution is 0.619. The van der Waals surface area contributed by atoms with Gasteiger partial charge in [0.15, 0.2) is 0 Å². The monoisotopic (exact) mass is 162 g/mol. The van der Waals surface area contributed by atoms with E-state index in [1.54, 1.807) is 0 Å². The van der Waals surface area contributed by atoms with Crippen LogP contribution in [0.4, 0.5) is 0 Å². The van der Waals surface area contributed by atoms with Crippen LogP contribution in [-0.4, -0.2) is 11.5 Å². The zero-order valence-corrected chi connectivity index (χ0v) is 7.33. The van der Waals surface area contributed by atoms with Gasteiger partial charge in [-0.2, -0.15) is 0 Å². The van der Waals surface area contributed by atoms with E-state index in [0.29, 0.717) is 11.8 Å². The summed E-state index contributed by atoms with van der Waals surface area (Å²) < 4.78 is 0. The maximum absolute atomic E-state index is 5.67. The Morgan fingerprint density at radius 2 is 2.50 bits per heavy atom. The molecule has 0 fully saturated rings. The van der Waals surface area contributed by atoms with Crippen molar-refractivity contribution >= 4 is 0 Å². The third-order valence-corrected chi connectivity index (χ3v) is 2.71. The molecular formula is C10H14N2. The molecule has 0 saturated carbocycles. The van der Waals surface area contributed by atoms with E-state index >= 15 is 0 Å². The van der Waals surface area contributed by atoms with Crippen LogP contribution in [0.2, 0.25) is 0 Å². The van der Waals surface area contributed by atoms with E-state index in [2.05, 4.69) is 18.0 Å². The molecule has 0 radical (unpaired) electrons.